The number of nitrogens with one attached hydrogen (secondary N) is 1. The first-order valence-corrected chi connectivity index (χ1v) is 10.9. The molecule has 0 spiro atoms. The minimum atomic E-state index is -3.70. The third-order valence-electron chi connectivity index (χ3n) is 3.90. The standard InChI is InChI=1S/C20H23ClN2O4S/c1-4-14-27-18-12-8-16(9-13-18)22-20(24)19(5-2)23(28(3,25)26)17-10-6-15(21)7-11-17/h4,6-13,19H,1,5,14H2,2-3H3,(H,22,24)/t19-/m1/s1. The zero-order chi connectivity index (χ0) is 20.7. The van der Waals surface area contributed by atoms with Crippen LogP contribution in [0.5, 0.6) is 5.75 Å². The lowest BCUT2D eigenvalue weighted by Crippen LogP contribution is -2.46. The predicted molar refractivity (Wildman–Crippen MR) is 114 cm³/mol. The molecule has 2 rings (SSSR count). The first kappa shape index (κ1) is 21.8. The topological polar surface area (TPSA) is 75.7 Å². The maximum atomic E-state index is 12.8. The van der Waals surface area contributed by atoms with Gasteiger partial charge in [-0.3, -0.25) is 9.10 Å². The molecule has 0 heterocycles. The fourth-order valence-electron chi connectivity index (χ4n) is 2.66. The van der Waals surface area contributed by atoms with E-state index in [1.165, 1.54) is 0 Å². The van der Waals surface area contributed by atoms with E-state index in [-0.39, 0.29) is 0 Å². The number of nitrogens with zero attached hydrogens (tertiary/aromatic N) is 1. The fraction of sp³-hybridized carbons (Fsp3) is 0.250. The van der Waals surface area contributed by atoms with Crippen molar-refractivity contribution in [1.82, 2.24) is 0 Å². The SMILES string of the molecule is C=CCOc1ccc(NC(=O)[C@@H](CC)N(c2ccc(Cl)cc2)S(C)(=O)=O)cc1. The largest absolute Gasteiger partial charge is 0.490 e. The Labute approximate surface area is 170 Å². The molecule has 0 radical (unpaired) electrons. The Morgan fingerprint density at radius 1 is 1.21 bits per heavy atom. The molecule has 2 aromatic carbocycles. The van der Waals surface area contributed by atoms with Crippen molar-refractivity contribution in [2.75, 3.05) is 22.5 Å². The zero-order valence-electron chi connectivity index (χ0n) is 15.8. The average Bonchev–Trinajstić information content (AvgIpc) is 2.65. The van der Waals surface area contributed by atoms with Gasteiger partial charge in [0.1, 0.15) is 18.4 Å². The van der Waals surface area contributed by atoms with E-state index in [0.717, 1.165) is 10.6 Å². The van der Waals surface area contributed by atoms with Crippen molar-refractivity contribution in [1.29, 1.82) is 0 Å². The molecule has 1 amide bonds. The van der Waals surface area contributed by atoms with Gasteiger partial charge in [-0.15, -0.1) is 0 Å². The second kappa shape index (κ2) is 9.61. The molecule has 2 aromatic rings. The van der Waals surface area contributed by atoms with Crippen LogP contribution in [0.4, 0.5) is 11.4 Å². The van der Waals surface area contributed by atoms with E-state index in [0.29, 0.717) is 35.2 Å². The van der Waals surface area contributed by atoms with Gasteiger partial charge in [-0.25, -0.2) is 8.42 Å². The average molecular weight is 423 g/mol. The summed E-state index contributed by atoms with van der Waals surface area (Å²) in [5.74, 6) is 0.214. The van der Waals surface area contributed by atoms with Gasteiger partial charge in [0.25, 0.3) is 0 Å². The number of rotatable bonds is 9. The molecule has 1 N–H and O–H groups in total. The number of carbonyl (C=O) groups excluding carboxylic acids is 1. The fourth-order valence-corrected chi connectivity index (χ4v) is 4.00. The molecule has 0 aromatic heterocycles. The first-order chi connectivity index (χ1) is 13.3. The summed E-state index contributed by atoms with van der Waals surface area (Å²) in [6.45, 7) is 5.72. The van der Waals surface area contributed by atoms with E-state index in [1.54, 1.807) is 61.5 Å². The van der Waals surface area contributed by atoms with Crippen LogP contribution < -0.4 is 14.4 Å². The third kappa shape index (κ3) is 5.74. The molecule has 0 unspecified atom stereocenters. The van der Waals surface area contributed by atoms with Crippen LogP contribution in [-0.2, 0) is 14.8 Å². The lowest BCUT2D eigenvalue weighted by Gasteiger charge is -2.30. The van der Waals surface area contributed by atoms with Gasteiger partial charge in [0.05, 0.1) is 11.9 Å². The van der Waals surface area contributed by atoms with Crippen LogP contribution in [-0.4, -0.2) is 33.2 Å². The van der Waals surface area contributed by atoms with E-state index >= 15 is 0 Å². The monoisotopic (exact) mass is 422 g/mol. The molecular weight excluding hydrogens is 400 g/mol. The van der Waals surface area contributed by atoms with E-state index in [2.05, 4.69) is 11.9 Å². The molecule has 0 saturated heterocycles. The van der Waals surface area contributed by atoms with Gasteiger partial charge in [0.2, 0.25) is 15.9 Å². The van der Waals surface area contributed by atoms with Crippen molar-refractivity contribution in [3.8, 4) is 5.75 Å². The van der Waals surface area contributed by atoms with Crippen molar-refractivity contribution in [3.63, 3.8) is 0 Å². The molecule has 28 heavy (non-hydrogen) atoms. The molecule has 1 atom stereocenters. The Bertz CT molecular complexity index is 912. The lowest BCUT2D eigenvalue weighted by atomic mass is 10.2. The molecule has 0 fully saturated rings. The third-order valence-corrected chi connectivity index (χ3v) is 5.33. The summed E-state index contributed by atoms with van der Waals surface area (Å²) in [6, 6.07) is 12.2. The van der Waals surface area contributed by atoms with E-state index in [1.807, 2.05) is 0 Å². The Kier molecular flexibility index (Phi) is 7.48. The van der Waals surface area contributed by atoms with Crippen molar-refractivity contribution in [3.05, 3.63) is 66.2 Å². The van der Waals surface area contributed by atoms with Crippen molar-refractivity contribution in [2.24, 2.45) is 0 Å². The number of amides is 1. The summed E-state index contributed by atoms with van der Waals surface area (Å²) in [5.41, 5.74) is 0.918. The highest BCUT2D eigenvalue weighted by atomic mass is 35.5. The molecule has 6 nitrogen and oxygen atoms in total. The number of hydrogen-bond donors (Lipinski definition) is 1. The van der Waals surface area contributed by atoms with Gasteiger partial charge >= 0.3 is 0 Å². The van der Waals surface area contributed by atoms with E-state index in [4.69, 9.17) is 16.3 Å². The van der Waals surface area contributed by atoms with Crippen LogP contribution in [0.3, 0.4) is 0 Å². The summed E-state index contributed by atoms with van der Waals surface area (Å²) in [4.78, 5) is 12.8. The number of anilines is 2. The number of halogens is 1. The molecular formula is C20H23ClN2O4S. The highest BCUT2D eigenvalue weighted by Gasteiger charge is 2.31. The van der Waals surface area contributed by atoms with E-state index < -0.39 is 22.0 Å². The van der Waals surface area contributed by atoms with Crippen LogP contribution in [0.2, 0.25) is 5.02 Å². The number of ether oxygens (including phenoxy) is 1. The summed E-state index contributed by atoms with van der Waals surface area (Å²) in [5, 5.41) is 3.24. The summed E-state index contributed by atoms with van der Waals surface area (Å²) in [6.07, 6.45) is 3.00. The zero-order valence-corrected chi connectivity index (χ0v) is 17.3. The van der Waals surface area contributed by atoms with Crippen LogP contribution in [0.15, 0.2) is 61.2 Å². The molecule has 0 bridgehead atoms. The lowest BCUT2D eigenvalue weighted by molar-refractivity contribution is -0.117. The molecule has 0 aliphatic rings. The minimum absolute atomic E-state index is 0.294. The Hall–Kier alpha value is -2.51. The van der Waals surface area contributed by atoms with Crippen LogP contribution >= 0.6 is 11.6 Å². The number of benzene rings is 2. The van der Waals surface area contributed by atoms with Gasteiger partial charge in [-0.2, -0.15) is 0 Å². The molecule has 0 saturated carbocycles. The summed E-state index contributed by atoms with van der Waals surface area (Å²) < 4.78 is 31.3. The maximum Gasteiger partial charge on any atom is 0.248 e. The quantitative estimate of drug-likeness (QED) is 0.617. The highest BCUT2D eigenvalue weighted by Crippen LogP contribution is 2.25. The maximum absolute atomic E-state index is 12.8. The normalized spacial score (nSPS) is 12.1. The smallest absolute Gasteiger partial charge is 0.248 e. The van der Waals surface area contributed by atoms with Crippen molar-refractivity contribution < 1.29 is 17.9 Å². The van der Waals surface area contributed by atoms with Gasteiger partial charge in [0.15, 0.2) is 0 Å². The van der Waals surface area contributed by atoms with Gasteiger partial charge in [0, 0.05) is 10.7 Å². The Morgan fingerprint density at radius 3 is 2.32 bits per heavy atom. The number of hydrogen-bond acceptors (Lipinski definition) is 4. The van der Waals surface area contributed by atoms with Crippen molar-refractivity contribution >= 4 is 38.9 Å². The number of carbonyl (C=O) groups is 1. The van der Waals surface area contributed by atoms with Crippen molar-refractivity contribution in [2.45, 2.75) is 19.4 Å². The van der Waals surface area contributed by atoms with Crippen LogP contribution in [0.25, 0.3) is 0 Å². The first-order valence-electron chi connectivity index (χ1n) is 8.66. The highest BCUT2D eigenvalue weighted by molar-refractivity contribution is 7.92. The minimum Gasteiger partial charge on any atom is -0.490 e. The van der Waals surface area contributed by atoms with Gasteiger partial charge in [-0.1, -0.05) is 31.2 Å². The molecule has 0 aliphatic heterocycles. The molecule has 0 aliphatic carbocycles. The van der Waals surface area contributed by atoms with Gasteiger partial charge in [-0.05, 0) is 55.0 Å². The number of sulfonamides is 1. The molecule has 8 heteroatoms. The predicted octanol–water partition coefficient (Wildman–Crippen LogP) is 4.09. The summed E-state index contributed by atoms with van der Waals surface area (Å²) in [7, 11) is -3.70. The van der Waals surface area contributed by atoms with Crippen LogP contribution in [0.1, 0.15) is 13.3 Å². The van der Waals surface area contributed by atoms with Gasteiger partial charge < -0.3 is 10.1 Å². The Morgan fingerprint density at radius 2 is 1.82 bits per heavy atom. The van der Waals surface area contributed by atoms with Crippen LogP contribution in [0, 0.1) is 0 Å². The molecule has 150 valence electrons. The van der Waals surface area contributed by atoms with E-state index in [9.17, 15) is 13.2 Å². The Balaban J connectivity index is 2.24. The summed E-state index contributed by atoms with van der Waals surface area (Å²) >= 11 is 5.90. The second-order valence-corrected chi connectivity index (χ2v) is 8.37. The second-order valence-electron chi connectivity index (χ2n) is 6.07.